The highest BCUT2D eigenvalue weighted by Crippen LogP contribution is 2.18. The van der Waals surface area contributed by atoms with Crippen LogP contribution in [0.1, 0.15) is 25.7 Å². The molecule has 0 aromatic heterocycles. The van der Waals surface area contributed by atoms with Gasteiger partial charge in [0.15, 0.2) is 0 Å². The van der Waals surface area contributed by atoms with E-state index in [1.54, 1.807) is 0 Å². The molecule has 5 heteroatoms. The molecular weight excluding hydrogens is 172 g/mol. The average molecular weight is 186 g/mol. The first-order valence-corrected chi connectivity index (χ1v) is 4.39. The van der Waals surface area contributed by atoms with Crippen molar-refractivity contribution in [2.45, 2.75) is 31.7 Å². The second kappa shape index (κ2) is 4.11. The number of hydrogen-bond acceptors (Lipinski definition) is 2. The number of carboxylic acids is 1. The summed E-state index contributed by atoms with van der Waals surface area (Å²) in [6.45, 7) is 0.591. The molecule has 0 saturated carbocycles. The molecule has 1 rings (SSSR count). The van der Waals surface area contributed by atoms with Gasteiger partial charge in [0.2, 0.25) is 0 Å². The fourth-order valence-corrected chi connectivity index (χ4v) is 1.70. The van der Waals surface area contributed by atoms with Gasteiger partial charge in [0.25, 0.3) is 0 Å². The average Bonchev–Trinajstić information content (AvgIpc) is 2.03. The standard InChI is InChI=1S/C8H14N2O3/c9-8(13)10-4-2-1-3-6(10)5-7(11)12/h6H,1-5H2,(H2,9,13)(H,11,12). The number of nitrogens with two attached hydrogens (primary N) is 1. The second-order valence-corrected chi connectivity index (χ2v) is 3.28. The van der Waals surface area contributed by atoms with Crippen LogP contribution in [0.25, 0.3) is 0 Å². The van der Waals surface area contributed by atoms with Crippen LogP contribution < -0.4 is 5.73 Å². The van der Waals surface area contributed by atoms with E-state index in [0.717, 1.165) is 19.3 Å². The number of amides is 2. The van der Waals surface area contributed by atoms with E-state index in [-0.39, 0.29) is 12.5 Å². The summed E-state index contributed by atoms with van der Waals surface area (Å²) in [5.74, 6) is -0.877. The summed E-state index contributed by atoms with van der Waals surface area (Å²) >= 11 is 0. The third kappa shape index (κ3) is 2.61. The molecule has 1 heterocycles. The summed E-state index contributed by atoms with van der Waals surface area (Å²) < 4.78 is 0. The smallest absolute Gasteiger partial charge is 0.315 e. The highest BCUT2D eigenvalue weighted by molar-refractivity contribution is 5.74. The molecule has 74 valence electrons. The lowest BCUT2D eigenvalue weighted by Crippen LogP contribution is -2.47. The molecule has 2 amide bonds. The van der Waals surface area contributed by atoms with Crippen molar-refractivity contribution in [3.05, 3.63) is 0 Å². The summed E-state index contributed by atoms with van der Waals surface area (Å²) in [4.78, 5) is 22.8. The SMILES string of the molecule is NC(=O)N1CCCCC1CC(=O)O. The van der Waals surface area contributed by atoms with Gasteiger partial charge in [0, 0.05) is 12.6 Å². The molecule has 1 aliphatic heterocycles. The van der Waals surface area contributed by atoms with E-state index in [4.69, 9.17) is 10.8 Å². The molecule has 1 unspecified atom stereocenters. The minimum absolute atomic E-state index is 0.00292. The lowest BCUT2D eigenvalue weighted by Gasteiger charge is -2.33. The van der Waals surface area contributed by atoms with Gasteiger partial charge < -0.3 is 15.7 Å². The Morgan fingerprint density at radius 3 is 2.69 bits per heavy atom. The van der Waals surface area contributed by atoms with Gasteiger partial charge in [0.1, 0.15) is 0 Å². The van der Waals surface area contributed by atoms with Crippen LogP contribution in [0.4, 0.5) is 4.79 Å². The Morgan fingerprint density at radius 2 is 2.15 bits per heavy atom. The van der Waals surface area contributed by atoms with Crippen LogP contribution in [0.2, 0.25) is 0 Å². The van der Waals surface area contributed by atoms with Crippen LogP contribution in [0.3, 0.4) is 0 Å². The van der Waals surface area contributed by atoms with Crippen molar-refractivity contribution in [1.29, 1.82) is 0 Å². The number of primary amides is 1. The van der Waals surface area contributed by atoms with Gasteiger partial charge in [-0.15, -0.1) is 0 Å². The highest BCUT2D eigenvalue weighted by Gasteiger charge is 2.26. The van der Waals surface area contributed by atoms with Crippen LogP contribution in [0.5, 0.6) is 0 Å². The summed E-state index contributed by atoms with van der Waals surface area (Å²) in [5.41, 5.74) is 5.13. The van der Waals surface area contributed by atoms with Crippen LogP contribution in [-0.2, 0) is 4.79 Å². The molecule has 5 nitrogen and oxygen atoms in total. The largest absolute Gasteiger partial charge is 0.481 e. The quantitative estimate of drug-likeness (QED) is 0.654. The zero-order valence-electron chi connectivity index (χ0n) is 7.40. The van der Waals surface area contributed by atoms with Crippen LogP contribution >= 0.6 is 0 Å². The minimum Gasteiger partial charge on any atom is -0.481 e. The maximum absolute atomic E-state index is 10.9. The van der Waals surface area contributed by atoms with E-state index >= 15 is 0 Å². The van der Waals surface area contributed by atoms with E-state index in [0.29, 0.717) is 6.54 Å². The van der Waals surface area contributed by atoms with Crippen molar-refractivity contribution in [1.82, 2.24) is 4.90 Å². The fourth-order valence-electron chi connectivity index (χ4n) is 1.70. The maximum Gasteiger partial charge on any atom is 0.315 e. The number of nitrogens with zero attached hydrogens (tertiary/aromatic N) is 1. The molecule has 1 saturated heterocycles. The van der Waals surface area contributed by atoms with Crippen molar-refractivity contribution in [2.75, 3.05) is 6.54 Å². The monoisotopic (exact) mass is 186 g/mol. The highest BCUT2D eigenvalue weighted by atomic mass is 16.4. The van der Waals surface area contributed by atoms with Gasteiger partial charge >= 0.3 is 12.0 Å². The molecule has 1 aliphatic rings. The third-order valence-corrected chi connectivity index (χ3v) is 2.32. The number of hydrogen-bond donors (Lipinski definition) is 2. The molecular formula is C8H14N2O3. The number of rotatable bonds is 2. The Kier molecular flexibility index (Phi) is 3.11. The Morgan fingerprint density at radius 1 is 1.46 bits per heavy atom. The van der Waals surface area contributed by atoms with Crippen molar-refractivity contribution in [2.24, 2.45) is 5.73 Å². The topological polar surface area (TPSA) is 83.6 Å². The van der Waals surface area contributed by atoms with Crippen LogP contribution in [0.15, 0.2) is 0 Å². The first-order valence-electron chi connectivity index (χ1n) is 4.39. The summed E-state index contributed by atoms with van der Waals surface area (Å²) in [7, 11) is 0. The van der Waals surface area contributed by atoms with Gasteiger partial charge in [-0.05, 0) is 19.3 Å². The van der Waals surface area contributed by atoms with Crippen molar-refractivity contribution in [3.63, 3.8) is 0 Å². The number of aliphatic carboxylic acids is 1. The lowest BCUT2D eigenvalue weighted by atomic mass is 10.00. The second-order valence-electron chi connectivity index (χ2n) is 3.28. The van der Waals surface area contributed by atoms with Gasteiger partial charge in [-0.25, -0.2) is 4.79 Å². The summed E-state index contributed by atoms with van der Waals surface area (Å²) in [5, 5.41) is 8.59. The number of likely N-dealkylation sites (tertiary alicyclic amines) is 1. The molecule has 1 fully saturated rings. The van der Waals surface area contributed by atoms with E-state index in [1.165, 1.54) is 4.90 Å². The fraction of sp³-hybridized carbons (Fsp3) is 0.750. The van der Waals surface area contributed by atoms with E-state index in [1.807, 2.05) is 0 Å². The molecule has 0 bridgehead atoms. The number of carbonyl (C=O) groups excluding carboxylic acids is 1. The van der Waals surface area contributed by atoms with Crippen molar-refractivity contribution < 1.29 is 14.7 Å². The molecule has 0 aromatic rings. The van der Waals surface area contributed by atoms with Crippen LogP contribution in [-0.4, -0.2) is 34.6 Å². The van der Waals surface area contributed by atoms with Crippen molar-refractivity contribution in [3.8, 4) is 0 Å². The predicted octanol–water partition coefficient (Wildman–Crippen LogP) is 0.394. The first kappa shape index (κ1) is 9.83. The number of carbonyl (C=O) groups is 2. The number of urea groups is 1. The third-order valence-electron chi connectivity index (χ3n) is 2.32. The van der Waals surface area contributed by atoms with Gasteiger partial charge in [-0.1, -0.05) is 0 Å². The molecule has 0 aromatic carbocycles. The minimum atomic E-state index is -0.877. The van der Waals surface area contributed by atoms with E-state index in [2.05, 4.69) is 0 Å². The Hall–Kier alpha value is -1.26. The maximum atomic E-state index is 10.9. The van der Waals surface area contributed by atoms with Crippen molar-refractivity contribution >= 4 is 12.0 Å². The Bertz CT molecular complexity index is 217. The molecule has 1 atom stereocenters. The van der Waals surface area contributed by atoms with E-state index < -0.39 is 12.0 Å². The Labute approximate surface area is 76.5 Å². The zero-order valence-corrected chi connectivity index (χ0v) is 7.40. The van der Waals surface area contributed by atoms with Gasteiger partial charge in [0.05, 0.1) is 6.42 Å². The molecule has 13 heavy (non-hydrogen) atoms. The molecule has 0 spiro atoms. The number of piperidine rings is 1. The summed E-state index contributed by atoms with van der Waals surface area (Å²) in [6, 6.07) is -0.713. The predicted molar refractivity (Wildman–Crippen MR) is 46.2 cm³/mol. The first-order chi connectivity index (χ1) is 6.11. The van der Waals surface area contributed by atoms with Gasteiger partial charge in [-0.2, -0.15) is 0 Å². The number of carboxylic acid groups (broad SMARTS) is 1. The molecule has 0 aliphatic carbocycles. The lowest BCUT2D eigenvalue weighted by molar-refractivity contribution is -0.138. The zero-order chi connectivity index (χ0) is 9.84. The summed E-state index contributed by atoms with van der Waals surface area (Å²) in [6.07, 6.45) is 2.64. The van der Waals surface area contributed by atoms with Gasteiger partial charge in [-0.3, -0.25) is 4.79 Å². The normalized spacial score (nSPS) is 22.8. The molecule has 3 N–H and O–H groups in total. The van der Waals surface area contributed by atoms with E-state index in [9.17, 15) is 9.59 Å². The molecule has 0 radical (unpaired) electrons. The van der Waals surface area contributed by atoms with Crippen LogP contribution in [0, 0.1) is 0 Å². The Balaban J connectivity index is 2.56.